The van der Waals surface area contributed by atoms with Crippen LogP contribution in [0.25, 0.3) is 0 Å². The fraction of sp³-hybridized carbons (Fsp3) is 0.600. The van der Waals surface area contributed by atoms with Gasteiger partial charge >= 0.3 is 5.97 Å². The number of hydrogen-bond acceptors (Lipinski definition) is 5. The van der Waals surface area contributed by atoms with Crippen molar-refractivity contribution in [3.63, 3.8) is 0 Å². The van der Waals surface area contributed by atoms with Crippen molar-refractivity contribution in [2.75, 3.05) is 0 Å². The number of aryl methyl sites for hydroxylation is 2. The number of hydrogen-bond donors (Lipinski definition) is 2. The number of nitrogens with one attached hydrogen (secondary N) is 1. The molecule has 0 aliphatic carbocycles. The highest BCUT2D eigenvalue weighted by Crippen LogP contribution is 2.19. The number of rotatable bonds is 5. The van der Waals surface area contributed by atoms with Crippen LogP contribution in [0.4, 0.5) is 0 Å². The van der Waals surface area contributed by atoms with E-state index in [0.29, 0.717) is 0 Å². The summed E-state index contributed by atoms with van der Waals surface area (Å²) in [7, 11) is -3.95. The summed E-state index contributed by atoms with van der Waals surface area (Å²) >= 11 is 0. The third-order valence-electron chi connectivity index (χ3n) is 2.45. The molecular formula is C10H16N2O5S. The fourth-order valence-corrected chi connectivity index (χ4v) is 3.22. The zero-order chi connectivity index (χ0) is 14.1. The smallest absolute Gasteiger partial charge is 0.322 e. The molecule has 1 atom stereocenters. The van der Waals surface area contributed by atoms with E-state index in [-0.39, 0.29) is 22.3 Å². The summed E-state index contributed by atoms with van der Waals surface area (Å²) in [5.74, 6) is -1.47. The van der Waals surface area contributed by atoms with Crippen molar-refractivity contribution >= 4 is 16.0 Å². The van der Waals surface area contributed by atoms with Crippen molar-refractivity contribution < 1.29 is 22.8 Å². The van der Waals surface area contributed by atoms with Crippen molar-refractivity contribution in [2.45, 2.75) is 38.6 Å². The maximum atomic E-state index is 12.1. The molecule has 0 saturated heterocycles. The summed E-state index contributed by atoms with van der Waals surface area (Å²) in [6, 6.07) is -1.19. The van der Waals surface area contributed by atoms with Crippen LogP contribution < -0.4 is 4.72 Å². The summed E-state index contributed by atoms with van der Waals surface area (Å²) in [5, 5.41) is 12.5. The van der Waals surface area contributed by atoms with Crippen LogP contribution in [0.5, 0.6) is 0 Å². The van der Waals surface area contributed by atoms with Gasteiger partial charge in [0.25, 0.3) is 0 Å². The van der Waals surface area contributed by atoms with Crippen LogP contribution in [0.15, 0.2) is 9.42 Å². The third-order valence-corrected chi connectivity index (χ3v) is 4.14. The lowest BCUT2D eigenvalue weighted by Crippen LogP contribution is -2.44. The maximum Gasteiger partial charge on any atom is 0.322 e. The van der Waals surface area contributed by atoms with E-state index in [4.69, 9.17) is 9.63 Å². The lowest BCUT2D eigenvalue weighted by atomic mass is 10.1. The van der Waals surface area contributed by atoms with E-state index in [2.05, 4.69) is 9.88 Å². The molecule has 0 aliphatic heterocycles. The normalized spacial score (nSPS) is 13.8. The minimum absolute atomic E-state index is 0.102. The Kier molecular flexibility index (Phi) is 4.12. The summed E-state index contributed by atoms with van der Waals surface area (Å²) < 4.78 is 31.1. The van der Waals surface area contributed by atoms with Crippen LogP contribution >= 0.6 is 0 Å². The van der Waals surface area contributed by atoms with Gasteiger partial charge in [0.2, 0.25) is 10.0 Å². The molecule has 0 unspecified atom stereocenters. The van der Waals surface area contributed by atoms with Crippen molar-refractivity contribution in [1.29, 1.82) is 0 Å². The Morgan fingerprint density at radius 2 is 1.94 bits per heavy atom. The van der Waals surface area contributed by atoms with Gasteiger partial charge in [-0.1, -0.05) is 19.0 Å². The number of nitrogens with zero attached hydrogens (tertiary/aromatic N) is 1. The van der Waals surface area contributed by atoms with Crippen molar-refractivity contribution in [1.82, 2.24) is 9.88 Å². The van der Waals surface area contributed by atoms with Gasteiger partial charge in [0.15, 0.2) is 5.76 Å². The molecule has 8 heteroatoms. The average Bonchev–Trinajstić information content (AvgIpc) is 2.54. The summed E-state index contributed by atoms with van der Waals surface area (Å²) in [5.41, 5.74) is 0.202. The number of carboxylic acids is 1. The van der Waals surface area contributed by atoms with Crippen LogP contribution in [0, 0.1) is 19.8 Å². The van der Waals surface area contributed by atoms with Gasteiger partial charge in [-0.3, -0.25) is 4.79 Å². The Labute approximate surface area is 105 Å². The molecule has 0 aromatic carbocycles. The highest BCUT2D eigenvalue weighted by Gasteiger charge is 2.31. The molecule has 0 aliphatic rings. The Hall–Kier alpha value is -1.41. The largest absolute Gasteiger partial charge is 0.480 e. The zero-order valence-electron chi connectivity index (χ0n) is 10.6. The molecule has 0 saturated carbocycles. The van der Waals surface area contributed by atoms with E-state index >= 15 is 0 Å². The van der Waals surface area contributed by atoms with Crippen LogP contribution in [0.1, 0.15) is 25.3 Å². The number of sulfonamides is 1. The first-order valence-electron chi connectivity index (χ1n) is 5.35. The van der Waals surface area contributed by atoms with E-state index in [1.54, 1.807) is 13.8 Å². The summed E-state index contributed by atoms with van der Waals surface area (Å²) in [4.78, 5) is 10.9. The first kappa shape index (κ1) is 14.7. The first-order valence-corrected chi connectivity index (χ1v) is 6.83. The van der Waals surface area contributed by atoms with Gasteiger partial charge in [-0.25, -0.2) is 8.42 Å². The SMILES string of the molecule is Cc1noc(C)c1S(=O)(=O)N[C@@H](C(=O)O)C(C)C. The van der Waals surface area contributed by atoms with Gasteiger partial charge in [-0.05, 0) is 19.8 Å². The van der Waals surface area contributed by atoms with Crippen LogP contribution in [-0.4, -0.2) is 30.7 Å². The lowest BCUT2D eigenvalue weighted by molar-refractivity contribution is -0.140. The number of carbonyl (C=O) groups is 1. The highest BCUT2D eigenvalue weighted by molar-refractivity contribution is 7.89. The van der Waals surface area contributed by atoms with Crippen molar-refractivity contribution in [2.24, 2.45) is 5.92 Å². The molecule has 0 bridgehead atoms. The van der Waals surface area contributed by atoms with Gasteiger partial charge in [-0.2, -0.15) is 4.72 Å². The standard InChI is InChI=1S/C10H16N2O5S/c1-5(2)8(10(13)14)12-18(15,16)9-6(3)11-17-7(9)4/h5,8,12H,1-4H3,(H,13,14)/t8-/m1/s1. The average molecular weight is 276 g/mol. The van der Waals surface area contributed by atoms with Crippen LogP contribution in [-0.2, 0) is 14.8 Å². The van der Waals surface area contributed by atoms with E-state index < -0.39 is 22.0 Å². The van der Waals surface area contributed by atoms with E-state index in [1.165, 1.54) is 13.8 Å². The van der Waals surface area contributed by atoms with E-state index in [9.17, 15) is 13.2 Å². The minimum Gasteiger partial charge on any atom is -0.480 e. The van der Waals surface area contributed by atoms with E-state index in [1.807, 2.05) is 0 Å². The molecule has 2 N–H and O–H groups in total. The monoisotopic (exact) mass is 276 g/mol. The Balaban J connectivity index is 3.13. The van der Waals surface area contributed by atoms with Crippen LogP contribution in [0.2, 0.25) is 0 Å². The third kappa shape index (κ3) is 2.88. The van der Waals surface area contributed by atoms with Crippen molar-refractivity contribution in [3.05, 3.63) is 11.5 Å². The fourth-order valence-electron chi connectivity index (χ4n) is 1.56. The van der Waals surface area contributed by atoms with Crippen LogP contribution in [0.3, 0.4) is 0 Å². The Morgan fingerprint density at radius 3 is 2.28 bits per heavy atom. The maximum absolute atomic E-state index is 12.1. The Morgan fingerprint density at radius 1 is 1.39 bits per heavy atom. The first-order chi connectivity index (χ1) is 8.16. The van der Waals surface area contributed by atoms with Gasteiger partial charge < -0.3 is 9.63 Å². The molecule has 0 amide bonds. The highest BCUT2D eigenvalue weighted by atomic mass is 32.2. The summed E-state index contributed by atoms with van der Waals surface area (Å²) in [6.45, 7) is 6.18. The Bertz CT molecular complexity index is 527. The molecular weight excluding hydrogens is 260 g/mol. The molecule has 0 spiro atoms. The molecule has 1 rings (SSSR count). The van der Waals surface area contributed by atoms with Gasteiger partial charge in [-0.15, -0.1) is 0 Å². The second-order valence-corrected chi connectivity index (χ2v) is 5.99. The van der Waals surface area contributed by atoms with Gasteiger partial charge in [0, 0.05) is 0 Å². The molecule has 102 valence electrons. The molecule has 0 fully saturated rings. The summed E-state index contributed by atoms with van der Waals surface area (Å²) in [6.07, 6.45) is 0. The zero-order valence-corrected chi connectivity index (χ0v) is 11.4. The number of carboxylic acid groups (broad SMARTS) is 1. The molecule has 1 heterocycles. The predicted molar refractivity (Wildman–Crippen MR) is 62.6 cm³/mol. The molecule has 0 radical (unpaired) electrons. The topological polar surface area (TPSA) is 110 Å². The quantitative estimate of drug-likeness (QED) is 0.818. The van der Waals surface area contributed by atoms with Gasteiger partial charge in [0.05, 0.1) is 0 Å². The minimum atomic E-state index is -3.95. The molecule has 1 aromatic heterocycles. The molecule has 1 aromatic rings. The molecule has 7 nitrogen and oxygen atoms in total. The second-order valence-electron chi connectivity index (χ2n) is 4.33. The van der Waals surface area contributed by atoms with E-state index in [0.717, 1.165) is 0 Å². The predicted octanol–water partition coefficient (Wildman–Crippen LogP) is 0.679. The van der Waals surface area contributed by atoms with Crippen molar-refractivity contribution in [3.8, 4) is 0 Å². The number of aliphatic carboxylic acids is 1. The second kappa shape index (κ2) is 5.07. The number of aromatic nitrogens is 1. The lowest BCUT2D eigenvalue weighted by Gasteiger charge is -2.17. The van der Waals surface area contributed by atoms with Gasteiger partial charge in [0.1, 0.15) is 16.6 Å². The molecule has 18 heavy (non-hydrogen) atoms.